The van der Waals surface area contributed by atoms with Gasteiger partial charge in [-0.1, -0.05) is 18.2 Å². The molecule has 0 aliphatic heterocycles. The smallest absolute Gasteiger partial charge is 0.281 e. The van der Waals surface area contributed by atoms with Gasteiger partial charge in [0.2, 0.25) is 0 Å². The van der Waals surface area contributed by atoms with Crippen LogP contribution in [0.4, 0.5) is 10.1 Å². The monoisotopic (exact) mass is 245 g/mol. The van der Waals surface area contributed by atoms with Crippen LogP contribution in [0.3, 0.4) is 0 Å². The number of carbonyl (C=O) groups excluding carboxylic acids is 1. The molecule has 4 heteroatoms. The maximum atomic E-state index is 13.0. The van der Waals surface area contributed by atoms with Crippen molar-refractivity contribution in [3.8, 4) is 0 Å². The van der Waals surface area contributed by atoms with Crippen LogP contribution < -0.4 is 5.06 Å². The second-order valence-electron chi connectivity index (χ2n) is 3.97. The van der Waals surface area contributed by atoms with Gasteiger partial charge in [0.1, 0.15) is 5.82 Å². The van der Waals surface area contributed by atoms with Gasteiger partial charge < -0.3 is 0 Å². The lowest BCUT2D eigenvalue weighted by molar-refractivity contribution is 0.0854. The molecule has 2 aromatic carbocycles. The summed E-state index contributed by atoms with van der Waals surface area (Å²) in [6.07, 6.45) is 0. The van der Waals surface area contributed by atoms with E-state index in [1.807, 2.05) is 13.0 Å². The Morgan fingerprint density at radius 1 is 1.17 bits per heavy atom. The maximum Gasteiger partial charge on any atom is 0.282 e. The lowest BCUT2D eigenvalue weighted by Gasteiger charge is -2.15. The largest absolute Gasteiger partial charge is 0.282 e. The number of hydrogen-bond acceptors (Lipinski definition) is 2. The van der Waals surface area contributed by atoms with E-state index in [1.54, 1.807) is 18.2 Å². The van der Waals surface area contributed by atoms with E-state index in [9.17, 15) is 14.4 Å². The molecule has 3 nitrogen and oxygen atoms in total. The molecule has 0 aliphatic rings. The summed E-state index contributed by atoms with van der Waals surface area (Å²) in [5.41, 5.74) is 1.36. The zero-order chi connectivity index (χ0) is 13.1. The summed E-state index contributed by atoms with van der Waals surface area (Å²) < 4.78 is 13.0. The van der Waals surface area contributed by atoms with Crippen LogP contribution in [0.25, 0.3) is 0 Å². The van der Waals surface area contributed by atoms with Crippen molar-refractivity contribution in [1.29, 1.82) is 0 Å². The average molecular weight is 245 g/mol. The first-order valence-electron chi connectivity index (χ1n) is 5.43. The predicted molar refractivity (Wildman–Crippen MR) is 66.2 cm³/mol. The zero-order valence-electron chi connectivity index (χ0n) is 9.80. The van der Waals surface area contributed by atoms with Gasteiger partial charge in [-0.05, 0) is 42.8 Å². The second-order valence-corrected chi connectivity index (χ2v) is 3.97. The second kappa shape index (κ2) is 4.98. The van der Waals surface area contributed by atoms with E-state index in [0.29, 0.717) is 10.8 Å². The number of anilines is 1. The fourth-order valence-electron chi connectivity index (χ4n) is 1.62. The van der Waals surface area contributed by atoms with Gasteiger partial charge in [0.05, 0.1) is 5.69 Å². The van der Waals surface area contributed by atoms with Gasteiger partial charge in [-0.15, -0.1) is 0 Å². The molecule has 2 aromatic rings. The van der Waals surface area contributed by atoms with Crippen LogP contribution in [0, 0.1) is 12.7 Å². The number of benzene rings is 2. The molecule has 0 heterocycles. The van der Waals surface area contributed by atoms with Crippen LogP contribution in [-0.4, -0.2) is 11.1 Å². The van der Waals surface area contributed by atoms with Crippen molar-refractivity contribution < 1.29 is 14.4 Å². The zero-order valence-corrected chi connectivity index (χ0v) is 9.80. The molecule has 0 fully saturated rings. The maximum absolute atomic E-state index is 13.0. The first-order chi connectivity index (χ1) is 8.58. The van der Waals surface area contributed by atoms with Crippen LogP contribution in [-0.2, 0) is 0 Å². The predicted octanol–water partition coefficient (Wildman–Crippen LogP) is 3.17. The lowest BCUT2D eigenvalue weighted by Crippen LogP contribution is -2.27. The molecule has 1 N–H and O–H groups in total. The molecule has 0 spiro atoms. The highest BCUT2D eigenvalue weighted by Gasteiger charge is 2.15. The minimum absolute atomic E-state index is 0.0963. The number of rotatable bonds is 2. The normalized spacial score (nSPS) is 10.2. The van der Waals surface area contributed by atoms with Crippen molar-refractivity contribution in [3.63, 3.8) is 0 Å². The Hall–Kier alpha value is -2.20. The minimum Gasteiger partial charge on any atom is -0.281 e. The number of hydrogen-bond donors (Lipinski definition) is 1. The Kier molecular flexibility index (Phi) is 3.39. The third-order valence-electron chi connectivity index (χ3n) is 2.51. The molecule has 0 atom stereocenters. The molecular formula is C14H12FNO2. The molecule has 0 saturated heterocycles. The highest BCUT2D eigenvalue weighted by molar-refractivity contribution is 6.04. The molecule has 0 saturated carbocycles. The molecular weight excluding hydrogens is 233 g/mol. The quantitative estimate of drug-likeness (QED) is 0.652. The van der Waals surface area contributed by atoms with E-state index >= 15 is 0 Å². The van der Waals surface area contributed by atoms with E-state index in [1.165, 1.54) is 18.2 Å². The third kappa shape index (κ3) is 2.55. The standard InChI is InChI=1S/C14H12FNO2/c1-10-4-2-7-13(8-10)16(18)14(17)11-5-3-6-12(15)9-11/h2-9,18H,1H3. The van der Waals surface area contributed by atoms with Crippen molar-refractivity contribution in [1.82, 2.24) is 0 Å². The number of nitrogens with zero attached hydrogens (tertiary/aromatic N) is 1. The highest BCUT2D eigenvalue weighted by Crippen LogP contribution is 2.17. The van der Waals surface area contributed by atoms with Crippen molar-refractivity contribution in [3.05, 3.63) is 65.5 Å². The van der Waals surface area contributed by atoms with Gasteiger partial charge in [0, 0.05) is 5.56 Å². The SMILES string of the molecule is Cc1cccc(N(O)C(=O)c2cccc(F)c2)c1. The first-order valence-corrected chi connectivity index (χ1v) is 5.43. The average Bonchev–Trinajstić information content (AvgIpc) is 2.37. The van der Waals surface area contributed by atoms with Crippen LogP contribution in [0.2, 0.25) is 0 Å². The Morgan fingerprint density at radius 3 is 2.56 bits per heavy atom. The molecule has 0 aliphatic carbocycles. The fourth-order valence-corrected chi connectivity index (χ4v) is 1.62. The number of hydroxylamine groups is 1. The summed E-state index contributed by atoms with van der Waals surface area (Å²) in [4.78, 5) is 11.9. The van der Waals surface area contributed by atoms with Gasteiger partial charge in [-0.3, -0.25) is 10.0 Å². The van der Waals surface area contributed by atoms with Crippen molar-refractivity contribution in [2.24, 2.45) is 0 Å². The van der Waals surface area contributed by atoms with E-state index in [0.717, 1.165) is 11.6 Å². The highest BCUT2D eigenvalue weighted by atomic mass is 19.1. The van der Waals surface area contributed by atoms with E-state index in [2.05, 4.69) is 0 Å². The Labute approximate surface area is 104 Å². The number of aryl methyl sites for hydroxylation is 1. The van der Waals surface area contributed by atoms with Crippen molar-refractivity contribution >= 4 is 11.6 Å². The van der Waals surface area contributed by atoms with Crippen LogP contribution in [0.5, 0.6) is 0 Å². The third-order valence-corrected chi connectivity index (χ3v) is 2.51. The molecule has 0 unspecified atom stereocenters. The van der Waals surface area contributed by atoms with Gasteiger partial charge in [0.25, 0.3) is 5.91 Å². The topological polar surface area (TPSA) is 40.5 Å². The van der Waals surface area contributed by atoms with Crippen molar-refractivity contribution in [2.45, 2.75) is 6.92 Å². The molecule has 2 rings (SSSR count). The summed E-state index contributed by atoms with van der Waals surface area (Å²) in [5, 5.41) is 10.3. The summed E-state index contributed by atoms with van der Waals surface area (Å²) in [6, 6.07) is 12.0. The Bertz CT molecular complexity index is 584. The summed E-state index contributed by atoms with van der Waals surface area (Å²) >= 11 is 0. The van der Waals surface area contributed by atoms with Gasteiger partial charge >= 0.3 is 0 Å². The lowest BCUT2D eigenvalue weighted by atomic mass is 10.2. The molecule has 92 valence electrons. The number of halogens is 1. The van der Waals surface area contributed by atoms with E-state index < -0.39 is 11.7 Å². The van der Waals surface area contributed by atoms with Crippen LogP contribution in [0.1, 0.15) is 15.9 Å². The molecule has 1 amide bonds. The summed E-state index contributed by atoms with van der Waals surface area (Å²) in [7, 11) is 0. The van der Waals surface area contributed by atoms with Crippen LogP contribution in [0.15, 0.2) is 48.5 Å². The molecule has 18 heavy (non-hydrogen) atoms. The molecule has 0 bridgehead atoms. The number of carbonyl (C=O) groups is 1. The molecule has 0 aromatic heterocycles. The van der Waals surface area contributed by atoms with E-state index in [4.69, 9.17) is 0 Å². The Balaban J connectivity index is 2.29. The Morgan fingerprint density at radius 2 is 1.89 bits per heavy atom. The van der Waals surface area contributed by atoms with Gasteiger partial charge in [-0.25, -0.2) is 4.39 Å². The summed E-state index contributed by atoms with van der Waals surface area (Å²) in [6.45, 7) is 1.85. The first kappa shape index (κ1) is 12.3. The van der Waals surface area contributed by atoms with Gasteiger partial charge in [0.15, 0.2) is 0 Å². The number of amides is 1. The van der Waals surface area contributed by atoms with E-state index in [-0.39, 0.29) is 5.56 Å². The van der Waals surface area contributed by atoms with Crippen molar-refractivity contribution in [2.75, 3.05) is 5.06 Å². The fraction of sp³-hybridized carbons (Fsp3) is 0.0714. The minimum atomic E-state index is -0.667. The molecule has 0 radical (unpaired) electrons. The van der Waals surface area contributed by atoms with Crippen LogP contribution >= 0.6 is 0 Å². The van der Waals surface area contributed by atoms with Gasteiger partial charge in [-0.2, -0.15) is 5.06 Å². The summed E-state index contributed by atoms with van der Waals surface area (Å²) in [5.74, 6) is -1.18.